The van der Waals surface area contributed by atoms with Crippen LogP contribution < -0.4 is 10.1 Å². The summed E-state index contributed by atoms with van der Waals surface area (Å²) in [5, 5.41) is 6.50. The number of hydrogen-bond donors (Lipinski definition) is 1. The third-order valence-electron chi connectivity index (χ3n) is 3.26. The molecular weight excluding hydrogens is 282 g/mol. The summed E-state index contributed by atoms with van der Waals surface area (Å²) < 4.78 is 28.5. The van der Waals surface area contributed by atoms with Crippen LogP contribution in [0.1, 0.15) is 23.9 Å². The summed E-state index contributed by atoms with van der Waals surface area (Å²) in [5.41, 5.74) is 1.79. The topological polar surface area (TPSA) is 34.1 Å². The zero-order valence-electron chi connectivity index (χ0n) is 10.7. The molecule has 0 bridgehead atoms. The second-order valence-electron chi connectivity index (χ2n) is 4.62. The van der Waals surface area contributed by atoms with E-state index in [9.17, 15) is 8.78 Å². The Bertz CT molecular complexity index is 565. The average molecular weight is 296 g/mol. The molecule has 1 saturated heterocycles. The number of thiazole rings is 1. The average Bonchev–Trinajstić information content (AvgIpc) is 3.10. The number of halogens is 2. The normalized spacial score (nSPS) is 18.6. The molecule has 0 radical (unpaired) electrons. The molecule has 3 nitrogen and oxygen atoms in total. The Labute approximate surface area is 119 Å². The first-order chi connectivity index (χ1) is 9.72. The lowest BCUT2D eigenvalue weighted by Gasteiger charge is -2.05. The van der Waals surface area contributed by atoms with E-state index in [0.29, 0.717) is 6.04 Å². The quantitative estimate of drug-likeness (QED) is 0.931. The van der Waals surface area contributed by atoms with Crippen molar-refractivity contribution >= 4 is 11.3 Å². The molecule has 2 heterocycles. The molecule has 0 spiro atoms. The Balaban J connectivity index is 1.75. The van der Waals surface area contributed by atoms with Crippen LogP contribution in [0.3, 0.4) is 0 Å². The maximum atomic E-state index is 12.1. The highest BCUT2D eigenvalue weighted by atomic mass is 32.1. The summed E-state index contributed by atoms with van der Waals surface area (Å²) in [5.74, 6) is 0.164. The van der Waals surface area contributed by atoms with Gasteiger partial charge in [-0.05, 0) is 43.7 Å². The molecule has 0 amide bonds. The van der Waals surface area contributed by atoms with Crippen molar-refractivity contribution < 1.29 is 13.5 Å². The monoisotopic (exact) mass is 296 g/mol. The maximum Gasteiger partial charge on any atom is 0.387 e. The van der Waals surface area contributed by atoms with Crippen molar-refractivity contribution in [3.05, 3.63) is 34.7 Å². The van der Waals surface area contributed by atoms with E-state index in [-0.39, 0.29) is 5.75 Å². The van der Waals surface area contributed by atoms with Crippen molar-refractivity contribution in [3.8, 4) is 17.0 Å². The molecule has 1 unspecified atom stereocenters. The minimum atomic E-state index is -2.79. The molecule has 2 aromatic rings. The molecule has 1 aromatic heterocycles. The predicted molar refractivity (Wildman–Crippen MR) is 74.2 cm³/mol. The molecule has 20 heavy (non-hydrogen) atoms. The van der Waals surface area contributed by atoms with Gasteiger partial charge in [-0.25, -0.2) is 4.98 Å². The molecule has 1 aromatic carbocycles. The molecule has 106 valence electrons. The van der Waals surface area contributed by atoms with Crippen LogP contribution in [-0.4, -0.2) is 18.1 Å². The molecule has 1 atom stereocenters. The van der Waals surface area contributed by atoms with Crippen molar-refractivity contribution in [2.45, 2.75) is 25.5 Å². The van der Waals surface area contributed by atoms with Crippen LogP contribution in [0.4, 0.5) is 8.78 Å². The third-order valence-corrected chi connectivity index (χ3v) is 4.21. The number of alkyl halides is 2. The van der Waals surface area contributed by atoms with Gasteiger partial charge in [-0.1, -0.05) is 0 Å². The van der Waals surface area contributed by atoms with E-state index in [1.54, 1.807) is 23.5 Å². The fourth-order valence-electron chi connectivity index (χ4n) is 2.28. The van der Waals surface area contributed by atoms with Crippen LogP contribution in [0.25, 0.3) is 11.3 Å². The molecule has 1 aliphatic heterocycles. The van der Waals surface area contributed by atoms with Crippen LogP contribution in [-0.2, 0) is 0 Å². The molecule has 1 aliphatic rings. The Hall–Kier alpha value is -1.53. The number of nitrogens with zero attached hydrogens (tertiary/aromatic N) is 1. The van der Waals surface area contributed by atoms with E-state index in [1.165, 1.54) is 18.6 Å². The Morgan fingerprint density at radius 2 is 2.10 bits per heavy atom. The fraction of sp³-hybridized carbons (Fsp3) is 0.357. The lowest BCUT2D eigenvalue weighted by atomic mass is 10.1. The van der Waals surface area contributed by atoms with Gasteiger partial charge in [-0.15, -0.1) is 11.3 Å². The number of nitrogens with one attached hydrogen (secondary N) is 1. The van der Waals surface area contributed by atoms with E-state index in [4.69, 9.17) is 0 Å². The van der Waals surface area contributed by atoms with Gasteiger partial charge in [0.25, 0.3) is 0 Å². The smallest absolute Gasteiger partial charge is 0.387 e. The second kappa shape index (κ2) is 5.85. The van der Waals surface area contributed by atoms with Crippen LogP contribution >= 0.6 is 11.3 Å². The van der Waals surface area contributed by atoms with Gasteiger partial charge in [-0.3, -0.25) is 0 Å². The number of rotatable bonds is 4. The maximum absolute atomic E-state index is 12.1. The van der Waals surface area contributed by atoms with Crippen molar-refractivity contribution in [3.63, 3.8) is 0 Å². The minimum absolute atomic E-state index is 0.164. The molecular formula is C14H14F2N2OS. The van der Waals surface area contributed by atoms with E-state index in [1.807, 2.05) is 5.38 Å². The highest BCUT2D eigenvalue weighted by Gasteiger charge is 2.19. The summed E-state index contributed by atoms with van der Waals surface area (Å²) >= 11 is 1.63. The minimum Gasteiger partial charge on any atom is -0.435 e. The van der Waals surface area contributed by atoms with E-state index >= 15 is 0 Å². The largest absolute Gasteiger partial charge is 0.435 e. The second-order valence-corrected chi connectivity index (χ2v) is 5.51. The molecule has 3 rings (SSSR count). The first-order valence-electron chi connectivity index (χ1n) is 6.46. The molecule has 0 saturated carbocycles. The van der Waals surface area contributed by atoms with Gasteiger partial charge in [-0.2, -0.15) is 8.78 Å². The zero-order valence-corrected chi connectivity index (χ0v) is 11.5. The van der Waals surface area contributed by atoms with Gasteiger partial charge < -0.3 is 10.1 Å². The van der Waals surface area contributed by atoms with Gasteiger partial charge in [0.15, 0.2) is 0 Å². The Kier molecular flexibility index (Phi) is 3.93. The lowest BCUT2D eigenvalue weighted by molar-refractivity contribution is -0.0498. The van der Waals surface area contributed by atoms with Gasteiger partial charge >= 0.3 is 6.61 Å². The van der Waals surface area contributed by atoms with E-state index in [0.717, 1.165) is 29.2 Å². The summed E-state index contributed by atoms with van der Waals surface area (Å²) in [4.78, 5) is 4.62. The summed E-state index contributed by atoms with van der Waals surface area (Å²) in [6.45, 7) is -1.75. The lowest BCUT2D eigenvalue weighted by Crippen LogP contribution is -2.12. The number of aromatic nitrogens is 1. The predicted octanol–water partition coefficient (Wildman–Crippen LogP) is 3.84. The first-order valence-corrected chi connectivity index (χ1v) is 7.34. The van der Waals surface area contributed by atoms with Crippen molar-refractivity contribution in [1.29, 1.82) is 0 Å². The molecule has 6 heteroatoms. The van der Waals surface area contributed by atoms with Crippen LogP contribution in [0.2, 0.25) is 0 Å². The van der Waals surface area contributed by atoms with Crippen LogP contribution in [0.5, 0.6) is 5.75 Å². The van der Waals surface area contributed by atoms with Crippen LogP contribution in [0, 0.1) is 0 Å². The third kappa shape index (κ3) is 2.96. The number of hydrogen-bond acceptors (Lipinski definition) is 4. The number of ether oxygens (including phenoxy) is 1. The van der Waals surface area contributed by atoms with Crippen molar-refractivity contribution in [2.75, 3.05) is 6.54 Å². The van der Waals surface area contributed by atoms with Crippen LogP contribution in [0.15, 0.2) is 29.6 Å². The fourth-order valence-corrected chi connectivity index (χ4v) is 3.22. The van der Waals surface area contributed by atoms with E-state index in [2.05, 4.69) is 15.0 Å². The zero-order chi connectivity index (χ0) is 13.9. The molecule has 1 fully saturated rings. The molecule has 1 N–H and O–H groups in total. The van der Waals surface area contributed by atoms with Gasteiger partial charge in [0.1, 0.15) is 10.8 Å². The summed E-state index contributed by atoms with van der Waals surface area (Å²) in [6.07, 6.45) is 2.30. The van der Waals surface area contributed by atoms with E-state index < -0.39 is 6.61 Å². The summed E-state index contributed by atoms with van der Waals surface area (Å²) in [6, 6.07) is 6.93. The Morgan fingerprint density at radius 3 is 2.75 bits per heavy atom. The van der Waals surface area contributed by atoms with Gasteiger partial charge in [0.05, 0.1) is 11.7 Å². The van der Waals surface area contributed by atoms with Crippen molar-refractivity contribution in [2.24, 2.45) is 0 Å². The number of benzene rings is 1. The standard InChI is InChI=1S/C14H14F2N2OS/c15-14(16)19-10-5-3-9(4-6-10)12-8-20-13(18-12)11-2-1-7-17-11/h3-6,8,11,14,17H,1-2,7H2. The first kappa shape index (κ1) is 13.5. The van der Waals surface area contributed by atoms with Crippen molar-refractivity contribution in [1.82, 2.24) is 10.3 Å². The summed E-state index contributed by atoms with van der Waals surface area (Å²) in [7, 11) is 0. The Morgan fingerprint density at radius 1 is 1.30 bits per heavy atom. The highest BCUT2D eigenvalue weighted by Crippen LogP contribution is 2.30. The molecule has 0 aliphatic carbocycles. The van der Waals surface area contributed by atoms with Gasteiger partial charge in [0, 0.05) is 10.9 Å². The highest BCUT2D eigenvalue weighted by molar-refractivity contribution is 7.10. The SMILES string of the molecule is FC(F)Oc1ccc(-c2csc(C3CCCN3)n2)cc1. The van der Waals surface area contributed by atoms with Gasteiger partial charge in [0.2, 0.25) is 0 Å².